The lowest BCUT2D eigenvalue weighted by molar-refractivity contribution is 0.102. The highest BCUT2D eigenvalue weighted by atomic mass is 32.2. The molecule has 1 aromatic carbocycles. The van der Waals surface area contributed by atoms with Gasteiger partial charge in [0.2, 0.25) is 10.0 Å². The highest BCUT2D eigenvalue weighted by Gasteiger charge is 2.11. The average molecular weight is 326 g/mol. The van der Waals surface area contributed by atoms with Gasteiger partial charge in [0.1, 0.15) is 5.75 Å². The smallest absolute Gasteiger partial charge is 0.256 e. The maximum absolute atomic E-state index is 12.0. The summed E-state index contributed by atoms with van der Waals surface area (Å²) in [4.78, 5) is 12.0. The first-order valence-corrected chi connectivity index (χ1v) is 8.72. The fraction of sp³-hybridized carbons (Fsp3) is 0.154. The van der Waals surface area contributed by atoms with Gasteiger partial charge < -0.3 is 10.1 Å². The van der Waals surface area contributed by atoms with E-state index in [0.29, 0.717) is 17.0 Å². The fourth-order valence-electron chi connectivity index (χ4n) is 1.66. The Morgan fingerprint density at radius 1 is 1.29 bits per heavy atom. The van der Waals surface area contributed by atoms with Gasteiger partial charge in [0, 0.05) is 11.1 Å². The second-order valence-corrected chi connectivity index (χ2v) is 6.78. The average Bonchev–Trinajstić information content (AvgIpc) is 2.91. The van der Waals surface area contributed by atoms with Crippen LogP contribution in [-0.4, -0.2) is 27.7 Å². The van der Waals surface area contributed by atoms with E-state index in [1.165, 1.54) is 24.5 Å². The quantitative estimate of drug-likeness (QED) is 0.883. The van der Waals surface area contributed by atoms with Gasteiger partial charge in [-0.1, -0.05) is 0 Å². The minimum atomic E-state index is -3.44. The molecule has 0 spiro atoms. The van der Waals surface area contributed by atoms with Gasteiger partial charge in [-0.15, -0.1) is 0 Å². The Bertz CT molecular complexity index is 740. The van der Waals surface area contributed by atoms with Crippen LogP contribution in [0.15, 0.2) is 35.0 Å². The normalized spacial score (nSPS) is 11.0. The van der Waals surface area contributed by atoms with E-state index in [2.05, 4.69) is 10.0 Å². The molecule has 8 heteroatoms. The van der Waals surface area contributed by atoms with Crippen LogP contribution in [0.25, 0.3) is 0 Å². The summed E-state index contributed by atoms with van der Waals surface area (Å²) in [6.45, 7) is 0. The van der Waals surface area contributed by atoms with Crippen molar-refractivity contribution in [2.45, 2.75) is 0 Å². The molecule has 2 aromatic rings. The first kappa shape index (κ1) is 15.3. The summed E-state index contributed by atoms with van der Waals surface area (Å²) in [5.74, 6) is 0.112. The van der Waals surface area contributed by atoms with Gasteiger partial charge in [-0.25, -0.2) is 8.42 Å². The third kappa shape index (κ3) is 4.20. The van der Waals surface area contributed by atoms with Crippen LogP contribution in [-0.2, 0) is 10.0 Å². The predicted octanol–water partition coefficient (Wildman–Crippen LogP) is 2.38. The number of rotatable bonds is 5. The Morgan fingerprint density at radius 2 is 2.05 bits per heavy atom. The van der Waals surface area contributed by atoms with Gasteiger partial charge in [-0.3, -0.25) is 9.52 Å². The van der Waals surface area contributed by atoms with Crippen LogP contribution in [0.4, 0.5) is 11.4 Å². The number of hydrogen-bond acceptors (Lipinski definition) is 5. The number of amides is 1. The van der Waals surface area contributed by atoms with Gasteiger partial charge in [-0.2, -0.15) is 11.3 Å². The Balaban J connectivity index is 2.25. The zero-order valence-electron chi connectivity index (χ0n) is 11.4. The summed E-state index contributed by atoms with van der Waals surface area (Å²) in [6.07, 6.45) is 1.04. The molecule has 6 nitrogen and oxygen atoms in total. The van der Waals surface area contributed by atoms with E-state index in [-0.39, 0.29) is 11.6 Å². The molecule has 0 unspecified atom stereocenters. The molecule has 112 valence electrons. The van der Waals surface area contributed by atoms with Gasteiger partial charge in [0.25, 0.3) is 5.91 Å². The first-order valence-electron chi connectivity index (χ1n) is 5.88. The van der Waals surface area contributed by atoms with Gasteiger partial charge >= 0.3 is 0 Å². The number of hydrogen-bond donors (Lipinski definition) is 2. The van der Waals surface area contributed by atoms with Crippen molar-refractivity contribution >= 4 is 38.6 Å². The maximum Gasteiger partial charge on any atom is 0.256 e. The minimum Gasteiger partial charge on any atom is -0.495 e. The summed E-state index contributed by atoms with van der Waals surface area (Å²) in [5.41, 5.74) is 1.29. The van der Waals surface area contributed by atoms with E-state index in [9.17, 15) is 13.2 Å². The molecule has 2 N–H and O–H groups in total. The molecule has 21 heavy (non-hydrogen) atoms. The second kappa shape index (κ2) is 6.15. The summed E-state index contributed by atoms with van der Waals surface area (Å²) in [7, 11) is -2.00. The van der Waals surface area contributed by atoms with E-state index >= 15 is 0 Å². The highest BCUT2D eigenvalue weighted by Crippen LogP contribution is 2.28. The number of sulfonamides is 1. The standard InChI is InChI=1S/C13H14N2O4S2/c1-19-12-4-3-10(7-11(12)15-21(2,17)18)14-13(16)9-5-6-20-8-9/h3-8,15H,1-2H3,(H,14,16). The highest BCUT2D eigenvalue weighted by molar-refractivity contribution is 7.92. The van der Waals surface area contributed by atoms with Crippen LogP contribution in [0.2, 0.25) is 0 Å². The summed E-state index contributed by atoms with van der Waals surface area (Å²) >= 11 is 1.42. The van der Waals surface area contributed by atoms with Crippen LogP contribution in [0.3, 0.4) is 0 Å². The van der Waals surface area contributed by atoms with E-state index in [0.717, 1.165) is 6.26 Å². The van der Waals surface area contributed by atoms with Crippen LogP contribution in [0, 0.1) is 0 Å². The van der Waals surface area contributed by atoms with E-state index < -0.39 is 10.0 Å². The lowest BCUT2D eigenvalue weighted by Crippen LogP contribution is -2.13. The molecule has 0 radical (unpaired) electrons. The molecular weight excluding hydrogens is 312 g/mol. The van der Waals surface area contributed by atoms with Crippen molar-refractivity contribution in [3.63, 3.8) is 0 Å². The third-order valence-electron chi connectivity index (χ3n) is 2.54. The maximum atomic E-state index is 12.0. The number of methoxy groups -OCH3 is 1. The first-order chi connectivity index (χ1) is 9.89. The Morgan fingerprint density at radius 3 is 2.62 bits per heavy atom. The molecule has 0 aliphatic heterocycles. The summed E-state index contributed by atoms with van der Waals surface area (Å²) < 4.78 is 30.1. The van der Waals surface area contributed by atoms with E-state index in [1.807, 2.05) is 0 Å². The van der Waals surface area contributed by atoms with Gasteiger partial charge in [0.15, 0.2) is 0 Å². The molecule has 0 fully saturated rings. The zero-order chi connectivity index (χ0) is 15.5. The number of ether oxygens (including phenoxy) is 1. The van der Waals surface area contributed by atoms with Crippen molar-refractivity contribution in [1.29, 1.82) is 0 Å². The topological polar surface area (TPSA) is 84.5 Å². The Kier molecular flexibility index (Phi) is 4.49. The number of nitrogens with one attached hydrogen (secondary N) is 2. The Labute approximate surface area is 126 Å². The second-order valence-electron chi connectivity index (χ2n) is 4.26. The molecule has 2 rings (SSSR count). The molecule has 0 bridgehead atoms. The number of anilines is 2. The van der Waals surface area contributed by atoms with Crippen molar-refractivity contribution in [2.24, 2.45) is 0 Å². The lowest BCUT2D eigenvalue weighted by Gasteiger charge is -2.12. The molecule has 0 saturated carbocycles. The van der Waals surface area contributed by atoms with E-state index in [4.69, 9.17) is 4.74 Å². The molecule has 0 aliphatic carbocycles. The van der Waals surface area contributed by atoms with Crippen LogP contribution in [0.1, 0.15) is 10.4 Å². The number of benzene rings is 1. The van der Waals surface area contributed by atoms with Crippen molar-refractivity contribution in [2.75, 3.05) is 23.4 Å². The lowest BCUT2D eigenvalue weighted by atomic mass is 10.2. The van der Waals surface area contributed by atoms with Gasteiger partial charge in [-0.05, 0) is 29.6 Å². The van der Waals surface area contributed by atoms with Crippen molar-refractivity contribution < 1.29 is 17.9 Å². The minimum absolute atomic E-state index is 0.258. The molecule has 0 atom stereocenters. The van der Waals surface area contributed by atoms with Crippen LogP contribution in [0.5, 0.6) is 5.75 Å². The molecule has 1 amide bonds. The Hall–Kier alpha value is -2.06. The third-order valence-corrected chi connectivity index (χ3v) is 3.81. The molecular formula is C13H14N2O4S2. The number of carbonyl (C=O) groups excluding carboxylic acids is 1. The molecule has 0 saturated heterocycles. The SMILES string of the molecule is COc1ccc(NC(=O)c2ccsc2)cc1NS(C)(=O)=O. The van der Waals surface area contributed by atoms with Crippen molar-refractivity contribution in [1.82, 2.24) is 0 Å². The van der Waals surface area contributed by atoms with Crippen molar-refractivity contribution in [3.05, 3.63) is 40.6 Å². The monoisotopic (exact) mass is 326 g/mol. The van der Waals surface area contributed by atoms with Crippen LogP contribution < -0.4 is 14.8 Å². The molecule has 1 heterocycles. The van der Waals surface area contributed by atoms with E-state index in [1.54, 1.807) is 29.0 Å². The number of thiophene rings is 1. The summed E-state index contributed by atoms with van der Waals surface area (Å²) in [6, 6.07) is 6.43. The predicted molar refractivity (Wildman–Crippen MR) is 83.7 cm³/mol. The largest absolute Gasteiger partial charge is 0.495 e. The molecule has 1 aromatic heterocycles. The van der Waals surface area contributed by atoms with Gasteiger partial charge in [0.05, 0.1) is 24.6 Å². The fourth-order valence-corrected chi connectivity index (χ4v) is 2.86. The molecule has 0 aliphatic rings. The summed E-state index contributed by atoms with van der Waals surface area (Å²) in [5, 5.41) is 6.23. The number of carbonyl (C=O) groups is 1. The van der Waals surface area contributed by atoms with Crippen LogP contribution >= 0.6 is 11.3 Å². The zero-order valence-corrected chi connectivity index (χ0v) is 13.0. The van der Waals surface area contributed by atoms with Crippen molar-refractivity contribution in [3.8, 4) is 5.75 Å².